The van der Waals surface area contributed by atoms with Crippen molar-refractivity contribution in [1.82, 2.24) is 0 Å². The summed E-state index contributed by atoms with van der Waals surface area (Å²) in [6.45, 7) is 1.94. The summed E-state index contributed by atoms with van der Waals surface area (Å²) in [6, 6.07) is 0. The molecule has 2 fully saturated rings. The van der Waals surface area contributed by atoms with Gasteiger partial charge in [0.25, 0.3) is 0 Å². The molecule has 0 bridgehead atoms. The molecule has 2 rings (SSSR count). The van der Waals surface area contributed by atoms with Crippen LogP contribution in [0.5, 0.6) is 0 Å². The number of Topliss-reactive ketones (excluding diaryl/α,β-unsaturated/α-hetero) is 1. The quantitative estimate of drug-likeness (QED) is 0.755. The van der Waals surface area contributed by atoms with E-state index in [9.17, 15) is 9.59 Å². The number of hydrogen-bond acceptors (Lipinski definition) is 4. The highest BCUT2D eigenvalue weighted by Gasteiger charge is 2.46. The van der Waals surface area contributed by atoms with E-state index in [0.29, 0.717) is 24.7 Å². The minimum absolute atomic E-state index is 0.0625. The maximum atomic E-state index is 12.0. The minimum atomic E-state index is -0.519. The van der Waals surface area contributed by atoms with E-state index in [4.69, 9.17) is 9.84 Å². The summed E-state index contributed by atoms with van der Waals surface area (Å²) in [6.07, 6.45) is 3.11. The predicted molar refractivity (Wildman–Crippen MR) is 61.2 cm³/mol. The van der Waals surface area contributed by atoms with Gasteiger partial charge < -0.3 is 9.84 Å². The molecule has 0 amide bonds. The van der Waals surface area contributed by atoms with E-state index in [0.717, 1.165) is 19.3 Å². The van der Waals surface area contributed by atoms with Gasteiger partial charge >= 0.3 is 5.97 Å². The number of ketones is 1. The average Bonchev–Trinajstić information content (AvgIpc) is 2.65. The molecule has 0 saturated heterocycles. The minimum Gasteiger partial charge on any atom is -0.454 e. The van der Waals surface area contributed by atoms with Crippen molar-refractivity contribution < 1.29 is 19.4 Å². The fraction of sp³-hybridized carbons (Fsp3) is 0.846. The topological polar surface area (TPSA) is 63.6 Å². The first kappa shape index (κ1) is 12.6. The van der Waals surface area contributed by atoms with Crippen LogP contribution in [0.15, 0.2) is 0 Å². The van der Waals surface area contributed by atoms with Crippen LogP contribution in [-0.4, -0.2) is 29.6 Å². The lowest BCUT2D eigenvalue weighted by molar-refractivity contribution is -0.153. The van der Waals surface area contributed by atoms with Crippen molar-refractivity contribution in [2.45, 2.75) is 45.1 Å². The smallest absolute Gasteiger partial charge is 0.306 e. The SMILES string of the molecule is CCC(=O)OC1CC2CC(CO)CCC2C1=O. The van der Waals surface area contributed by atoms with Crippen LogP contribution in [0.3, 0.4) is 0 Å². The van der Waals surface area contributed by atoms with Gasteiger partial charge in [-0.1, -0.05) is 6.92 Å². The fourth-order valence-electron chi connectivity index (χ4n) is 3.14. The average molecular weight is 240 g/mol. The molecule has 4 nitrogen and oxygen atoms in total. The van der Waals surface area contributed by atoms with Crippen molar-refractivity contribution >= 4 is 11.8 Å². The van der Waals surface area contributed by atoms with Crippen LogP contribution in [0.25, 0.3) is 0 Å². The first-order chi connectivity index (χ1) is 8.15. The lowest BCUT2D eigenvalue weighted by Gasteiger charge is -2.29. The molecule has 4 unspecified atom stereocenters. The van der Waals surface area contributed by atoms with Crippen molar-refractivity contribution in [3.63, 3.8) is 0 Å². The molecule has 0 aromatic heterocycles. The van der Waals surface area contributed by atoms with E-state index in [1.165, 1.54) is 0 Å². The van der Waals surface area contributed by atoms with E-state index in [-0.39, 0.29) is 24.3 Å². The van der Waals surface area contributed by atoms with Gasteiger partial charge in [-0.05, 0) is 37.5 Å². The molecule has 0 radical (unpaired) electrons. The van der Waals surface area contributed by atoms with Crippen molar-refractivity contribution in [3.8, 4) is 0 Å². The van der Waals surface area contributed by atoms with E-state index in [1.54, 1.807) is 6.92 Å². The van der Waals surface area contributed by atoms with Crippen molar-refractivity contribution in [2.75, 3.05) is 6.61 Å². The van der Waals surface area contributed by atoms with E-state index in [2.05, 4.69) is 0 Å². The summed E-state index contributed by atoms with van der Waals surface area (Å²) < 4.78 is 5.18. The Kier molecular flexibility index (Phi) is 3.82. The third-order valence-corrected chi connectivity index (χ3v) is 4.11. The number of carbonyl (C=O) groups is 2. The predicted octanol–water partition coefficient (Wildman–Crippen LogP) is 1.31. The van der Waals surface area contributed by atoms with Crippen LogP contribution in [0, 0.1) is 17.8 Å². The van der Waals surface area contributed by atoms with Gasteiger partial charge in [0.2, 0.25) is 0 Å². The molecule has 17 heavy (non-hydrogen) atoms. The van der Waals surface area contributed by atoms with Crippen LogP contribution >= 0.6 is 0 Å². The van der Waals surface area contributed by atoms with E-state index >= 15 is 0 Å². The molecule has 2 aliphatic rings. The molecule has 96 valence electrons. The normalized spacial score (nSPS) is 36.7. The molecular formula is C13H20O4. The number of ether oxygens (including phenoxy) is 1. The van der Waals surface area contributed by atoms with Gasteiger partial charge in [0.1, 0.15) is 0 Å². The third kappa shape index (κ3) is 2.51. The monoisotopic (exact) mass is 240 g/mol. The zero-order chi connectivity index (χ0) is 12.4. The van der Waals surface area contributed by atoms with Crippen molar-refractivity contribution in [2.24, 2.45) is 17.8 Å². The maximum Gasteiger partial charge on any atom is 0.306 e. The summed E-state index contributed by atoms with van der Waals surface area (Å²) in [4.78, 5) is 23.3. The highest BCUT2D eigenvalue weighted by molar-refractivity contribution is 5.89. The van der Waals surface area contributed by atoms with Crippen molar-refractivity contribution in [3.05, 3.63) is 0 Å². The largest absolute Gasteiger partial charge is 0.454 e. The van der Waals surface area contributed by atoms with Gasteiger partial charge in [-0.3, -0.25) is 9.59 Å². The second-order valence-corrected chi connectivity index (χ2v) is 5.20. The van der Waals surface area contributed by atoms with E-state index in [1.807, 2.05) is 0 Å². The van der Waals surface area contributed by atoms with Crippen LogP contribution in [0.4, 0.5) is 0 Å². The fourth-order valence-corrected chi connectivity index (χ4v) is 3.14. The number of aliphatic hydroxyl groups excluding tert-OH is 1. The highest BCUT2D eigenvalue weighted by atomic mass is 16.5. The summed E-state index contributed by atoms with van der Waals surface area (Å²) in [5.41, 5.74) is 0. The summed E-state index contributed by atoms with van der Waals surface area (Å²) in [7, 11) is 0. The standard InChI is InChI=1S/C13H20O4/c1-2-12(15)17-11-6-9-5-8(7-14)3-4-10(9)13(11)16/h8-11,14H,2-7H2,1H3. The summed E-state index contributed by atoms with van der Waals surface area (Å²) in [5, 5.41) is 9.16. The molecule has 1 N–H and O–H groups in total. The summed E-state index contributed by atoms with van der Waals surface area (Å²) >= 11 is 0. The van der Waals surface area contributed by atoms with Crippen LogP contribution < -0.4 is 0 Å². The zero-order valence-electron chi connectivity index (χ0n) is 10.2. The van der Waals surface area contributed by atoms with Crippen LogP contribution in [-0.2, 0) is 14.3 Å². The summed E-state index contributed by atoms with van der Waals surface area (Å²) in [5.74, 6) is 0.508. The number of rotatable bonds is 3. The number of fused-ring (bicyclic) bond motifs is 1. The second-order valence-electron chi connectivity index (χ2n) is 5.20. The second kappa shape index (κ2) is 5.17. The number of esters is 1. The Labute approximate surface area is 101 Å². The Morgan fingerprint density at radius 2 is 2.18 bits per heavy atom. The molecule has 0 heterocycles. The van der Waals surface area contributed by atoms with Gasteiger partial charge in [0.15, 0.2) is 11.9 Å². The molecule has 2 saturated carbocycles. The van der Waals surface area contributed by atoms with Gasteiger partial charge in [-0.25, -0.2) is 0 Å². The number of aliphatic hydroxyl groups is 1. The van der Waals surface area contributed by atoms with Gasteiger partial charge in [-0.15, -0.1) is 0 Å². The first-order valence-corrected chi connectivity index (χ1v) is 6.49. The third-order valence-electron chi connectivity index (χ3n) is 4.11. The van der Waals surface area contributed by atoms with E-state index < -0.39 is 6.10 Å². The lowest BCUT2D eigenvalue weighted by Crippen LogP contribution is -2.28. The Morgan fingerprint density at radius 3 is 2.82 bits per heavy atom. The molecule has 2 aliphatic carbocycles. The Balaban J connectivity index is 1.97. The van der Waals surface area contributed by atoms with Crippen LogP contribution in [0.2, 0.25) is 0 Å². The lowest BCUT2D eigenvalue weighted by atomic mass is 9.76. The van der Waals surface area contributed by atoms with Gasteiger partial charge in [-0.2, -0.15) is 0 Å². The van der Waals surface area contributed by atoms with Crippen molar-refractivity contribution in [1.29, 1.82) is 0 Å². The van der Waals surface area contributed by atoms with Crippen LogP contribution in [0.1, 0.15) is 39.0 Å². The zero-order valence-corrected chi connectivity index (χ0v) is 10.2. The number of hydrogen-bond donors (Lipinski definition) is 1. The first-order valence-electron chi connectivity index (χ1n) is 6.49. The molecule has 0 aromatic rings. The Hall–Kier alpha value is -0.900. The molecule has 0 aromatic carbocycles. The number of carbonyl (C=O) groups excluding carboxylic acids is 2. The molecule has 0 spiro atoms. The molecule has 0 aliphatic heterocycles. The Morgan fingerprint density at radius 1 is 1.41 bits per heavy atom. The molecule has 4 atom stereocenters. The van der Waals surface area contributed by atoms with Gasteiger partial charge in [0.05, 0.1) is 0 Å². The van der Waals surface area contributed by atoms with Gasteiger partial charge in [0, 0.05) is 18.9 Å². The maximum absolute atomic E-state index is 12.0. The molecule has 4 heteroatoms. The highest BCUT2D eigenvalue weighted by Crippen LogP contribution is 2.43. The Bertz CT molecular complexity index is 313. The molecular weight excluding hydrogens is 220 g/mol.